The van der Waals surface area contributed by atoms with Crippen LogP contribution in [0.2, 0.25) is 0 Å². The Morgan fingerprint density at radius 3 is 1.61 bits per heavy atom. The summed E-state index contributed by atoms with van der Waals surface area (Å²) >= 11 is 0. The molecule has 0 bridgehead atoms. The molecule has 0 saturated carbocycles. The van der Waals surface area contributed by atoms with E-state index in [0.29, 0.717) is 58.5 Å². The number of methoxy groups -OCH3 is 1. The highest BCUT2D eigenvalue weighted by Gasteiger charge is 2.19. The number of carbonyl (C=O) groups excluding carboxylic acids is 1. The molecule has 6 aromatic rings. The van der Waals surface area contributed by atoms with E-state index in [-0.39, 0.29) is 35.4 Å². The molecule has 0 spiro atoms. The number of amides is 1. The van der Waals surface area contributed by atoms with Crippen molar-refractivity contribution in [2.24, 2.45) is 43.1 Å². The van der Waals surface area contributed by atoms with Gasteiger partial charge in [-0.25, -0.2) is 0 Å². The second-order valence-electron chi connectivity index (χ2n) is 15.4. The van der Waals surface area contributed by atoms with E-state index < -0.39 is 5.91 Å². The van der Waals surface area contributed by atoms with Crippen LogP contribution in [0.25, 0.3) is 43.4 Å². The van der Waals surface area contributed by atoms with E-state index >= 15 is 0 Å². The van der Waals surface area contributed by atoms with Gasteiger partial charge in [0.2, 0.25) is 0 Å². The van der Waals surface area contributed by atoms with Crippen molar-refractivity contribution < 1.29 is 19.0 Å². The molecule has 13 heteroatoms. The van der Waals surface area contributed by atoms with E-state index in [0.717, 1.165) is 51.2 Å². The Labute approximate surface area is 326 Å². The van der Waals surface area contributed by atoms with Gasteiger partial charge in [-0.15, -0.1) is 0 Å². The second kappa shape index (κ2) is 17.6. The van der Waals surface area contributed by atoms with Gasteiger partial charge in [-0.2, -0.15) is 0 Å². The highest BCUT2D eigenvalue weighted by Crippen LogP contribution is 2.32. The molecule has 0 radical (unpaired) electrons. The van der Waals surface area contributed by atoms with Gasteiger partial charge in [0.1, 0.15) is 24.7 Å². The third-order valence-electron chi connectivity index (χ3n) is 9.92. The maximum atomic E-state index is 12.9. The zero-order chi connectivity index (χ0) is 41.0. The van der Waals surface area contributed by atoms with Crippen LogP contribution in [-0.2, 0) is 25.4 Å². The topological polar surface area (TPSA) is 193 Å². The minimum absolute atomic E-state index is 0.0414. The summed E-state index contributed by atoms with van der Waals surface area (Å²) in [6.45, 7) is 13.2. The minimum Gasteiger partial charge on any atom is -0.492 e. The number of rotatable bonds is 13. The van der Waals surface area contributed by atoms with E-state index in [1.54, 1.807) is 63.3 Å². The molecule has 4 aromatic heterocycles. The van der Waals surface area contributed by atoms with Crippen molar-refractivity contribution >= 4 is 49.3 Å². The van der Waals surface area contributed by atoms with Gasteiger partial charge in [0.05, 0.1) is 45.4 Å². The van der Waals surface area contributed by atoms with Crippen LogP contribution in [0.5, 0.6) is 11.5 Å². The Balaban J connectivity index is 0.000000214. The molecule has 2 atom stereocenters. The van der Waals surface area contributed by atoms with E-state index in [9.17, 15) is 14.4 Å². The fourth-order valence-electron chi connectivity index (χ4n) is 7.30. The van der Waals surface area contributed by atoms with Gasteiger partial charge in [0, 0.05) is 74.2 Å². The van der Waals surface area contributed by atoms with Crippen LogP contribution >= 0.6 is 0 Å². The third-order valence-corrected chi connectivity index (χ3v) is 9.92. The number of hydrogen-bond acceptors (Lipinski definition) is 10. The van der Waals surface area contributed by atoms with Crippen molar-refractivity contribution in [2.75, 3.05) is 20.3 Å². The molecule has 56 heavy (non-hydrogen) atoms. The van der Waals surface area contributed by atoms with Gasteiger partial charge in [0.15, 0.2) is 0 Å². The van der Waals surface area contributed by atoms with Crippen molar-refractivity contribution in [3.63, 3.8) is 0 Å². The molecule has 0 aliphatic rings. The Kier molecular flexibility index (Phi) is 13.1. The normalized spacial score (nSPS) is 12.7. The summed E-state index contributed by atoms with van der Waals surface area (Å²) in [5.41, 5.74) is 21.7. The fourth-order valence-corrected chi connectivity index (χ4v) is 7.30. The molecule has 0 aliphatic heterocycles. The first kappa shape index (κ1) is 41.8. The Hall–Kier alpha value is -5.37. The largest absolute Gasteiger partial charge is 0.492 e. The average Bonchev–Trinajstić information content (AvgIpc) is 3.13. The number of pyridine rings is 4. The van der Waals surface area contributed by atoms with Crippen LogP contribution in [0.1, 0.15) is 67.8 Å². The number of aryl methyl sites for hydroxylation is 4. The predicted octanol–water partition coefficient (Wildman–Crippen LogP) is 5.54. The number of aromatic nitrogens is 4. The first-order chi connectivity index (χ1) is 26.5. The van der Waals surface area contributed by atoms with Crippen molar-refractivity contribution in [1.82, 2.24) is 19.1 Å². The zero-order valence-electron chi connectivity index (χ0n) is 33.9. The lowest BCUT2D eigenvalue weighted by Crippen LogP contribution is -2.30. The second-order valence-corrected chi connectivity index (χ2v) is 15.4. The Morgan fingerprint density at radius 1 is 0.714 bits per heavy atom. The number of nitrogens with two attached hydrogens (primary N) is 3. The molecular weight excluding hydrogens is 711 g/mol. The van der Waals surface area contributed by atoms with Crippen molar-refractivity contribution in [1.29, 1.82) is 0 Å². The van der Waals surface area contributed by atoms with Gasteiger partial charge in [-0.3, -0.25) is 24.4 Å². The average molecular weight is 766 g/mol. The fraction of sp³-hybridized carbons (Fsp3) is 0.419. The molecule has 0 fully saturated rings. The molecule has 0 saturated heterocycles. The number of primary amides is 1. The first-order valence-electron chi connectivity index (χ1n) is 18.9. The van der Waals surface area contributed by atoms with Crippen LogP contribution < -0.4 is 37.8 Å². The number of ether oxygens (including phenoxy) is 3. The highest BCUT2D eigenvalue weighted by molar-refractivity contribution is 6.10. The molecule has 13 nitrogen and oxygen atoms in total. The summed E-state index contributed by atoms with van der Waals surface area (Å²) in [5, 5.41) is 4.53. The molecule has 6 rings (SSSR count). The summed E-state index contributed by atoms with van der Waals surface area (Å²) in [5.74, 6) is 1.39. The van der Waals surface area contributed by atoms with Crippen LogP contribution in [0, 0.1) is 25.7 Å². The van der Waals surface area contributed by atoms with Gasteiger partial charge >= 0.3 is 0 Å². The van der Waals surface area contributed by atoms with Crippen molar-refractivity contribution in [3.05, 3.63) is 92.0 Å². The monoisotopic (exact) mass is 765 g/mol. The molecule has 0 unspecified atom stereocenters. The van der Waals surface area contributed by atoms with Crippen LogP contribution in [0.4, 0.5) is 0 Å². The van der Waals surface area contributed by atoms with E-state index in [4.69, 9.17) is 31.4 Å². The number of benzene rings is 2. The molecule has 1 amide bonds. The van der Waals surface area contributed by atoms with Crippen LogP contribution in [0.3, 0.4) is 0 Å². The molecular formula is C43H55N7O6. The van der Waals surface area contributed by atoms with Gasteiger partial charge in [-0.1, -0.05) is 27.7 Å². The zero-order valence-corrected chi connectivity index (χ0v) is 33.9. The molecule has 298 valence electrons. The molecule has 0 aliphatic carbocycles. The minimum atomic E-state index is -0.595. The maximum absolute atomic E-state index is 12.9. The molecule has 2 aromatic carbocycles. The standard InChI is InChI=1S/C22H29N3O3.C21H26N4O3/c1-13(2)8-16(23)12-28-20-10-19-18(9-15(20)11-27-5)17-6-7-24-14(3)21(17)22(26)25(19)4;1-11(2)7-13(22)10-28-18-9-17-15(8-16(18)20(23)26)14-5-6-24-12(3)19(14)21(27)25(17)4/h6-7,9-10,13,16H,8,11-12,23H2,1-5H3;5-6,8-9,11,13H,7,10,22H2,1-4H3,(H2,23,26)/t16-;13-/m00/s1. The number of fused-ring (bicyclic) bond motifs is 6. The predicted molar refractivity (Wildman–Crippen MR) is 224 cm³/mol. The summed E-state index contributed by atoms with van der Waals surface area (Å²) in [4.78, 5) is 46.3. The Morgan fingerprint density at radius 2 is 1.16 bits per heavy atom. The highest BCUT2D eigenvalue weighted by atomic mass is 16.5. The lowest BCUT2D eigenvalue weighted by atomic mass is 10.0. The van der Waals surface area contributed by atoms with Gasteiger partial charge in [-0.05, 0) is 73.6 Å². The van der Waals surface area contributed by atoms with E-state index in [2.05, 4.69) is 37.7 Å². The SMILES string of the molecule is COCc1cc2c3ccnc(C)c3c(=O)n(C)c2cc1OC[C@@H](N)CC(C)C.Cc1nccc2c1c(=O)n(C)c1cc(OC[C@@H](N)CC(C)C)c(C(N)=O)cc21. The van der Waals surface area contributed by atoms with Gasteiger partial charge in [0.25, 0.3) is 17.0 Å². The lowest BCUT2D eigenvalue weighted by molar-refractivity contribution is 0.0996. The summed E-state index contributed by atoms with van der Waals surface area (Å²) in [7, 11) is 5.13. The first-order valence-corrected chi connectivity index (χ1v) is 18.9. The van der Waals surface area contributed by atoms with E-state index in [1.165, 1.54) is 4.57 Å². The summed E-state index contributed by atoms with van der Waals surface area (Å²) < 4.78 is 20.5. The Bertz CT molecular complexity index is 2520. The lowest BCUT2D eigenvalue weighted by Gasteiger charge is -2.19. The quantitative estimate of drug-likeness (QED) is 0.126. The van der Waals surface area contributed by atoms with Gasteiger partial charge < -0.3 is 40.5 Å². The number of carbonyl (C=O) groups is 1. The number of nitrogens with zero attached hydrogens (tertiary/aromatic N) is 4. The number of hydrogen-bond donors (Lipinski definition) is 3. The van der Waals surface area contributed by atoms with E-state index in [1.807, 2.05) is 25.1 Å². The summed E-state index contributed by atoms with van der Waals surface area (Å²) in [6, 6.07) is 10.8. The molecule has 4 heterocycles. The molecule has 6 N–H and O–H groups in total. The van der Waals surface area contributed by atoms with Crippen LogP contribution in [0.15, 0.2) is 58.4 Å². The van der Waals surface area contributed by atoms with Crippen molar-refractivity contribution in [2.45, 2.75) is 73.1 Å². The van der Waals surface area contributed by atoms with Crippen molar-refractivity contribution in [3.8, 4) is 11.5 Å². The maximum Gasteiger partial charge on any atom is 0.260 e. The van der Waals surface area contributed by atoms with Crippen LogP contribution in [-0.4, -0.2) is 57.4 Å². The smallest absolute Gasteiger partial charge is 0.260 e. The third kappa shape index (κ3) is 8.85. The summed E-state index contributed by atoms with van der Waals surface area (Å²) in [6.07, 6.45) is 5.08.